The van der Waals surface area contributed by atoms with Crippen LogP contribution in [0.1, 0.15) is 61.2 Å². The van der Waals surface area contributed by atoms with Crippen LogP contribution in [-0.2, 0) is 0 Å². The fraction of sp³-hybridized carbons (Fsp3) is 0.273. The number of amides is 2. The summed E-state index contributed by atoms with van der Waals surface area (Å²) >= 11 is 0. The second-order valence-corrected chi connectivity index (χ2v) is 18.2. The number of rotatable bonds is 15. The van der Waals surface area contributed by atoms with E-state index >= 15 is 0 Å². The highest BCUT2D eigenvalue weighted by atomic mass is 19.1. The molecule has 2 aliphatic rings. The summed E-state index contributed by atoms with van der Waals surface area (Å²) in [7, 11) is 3.32. The van der Waals surface area contributed by atoms with E-state index in [1.807, 2.05) is 97.9 Å². The Kier molecular flexibility index (Phi) is 13.7. The maximum Gasteiger partial charge on any atom is 0.251 e. The van der Waals surface area contributed by atoms with Crippen LogP contribution in [0.3, 0.4) is 0 Å². The quantitative estimate of drug-likeness (QED) is 0.0600. The highest BCUT2D eigenvalue weighted by Crippen LogP contribution is 2.32. The van der Waals surface area contributed by atoms with Gasteiger partial charge in [0.05, 0.1) is 42.7 Å². The molecule has 2 aromatic heterocycles. The minimum absolute atomic E-state index is 0.0817. The molecule has 14 nitrogen and oxygen atoms in total. The zero-order valence-corrected chi connectivity index (χ0v) is 39.5. The Morgan fingerprint density at radius 1 is 0.643 bits per heavy atom. The molecular formula is C55H57FN10O4. The maximum absolute atomic E-state index is 14.5. The molecule has 358 valence electrons. The third-order valence-electron chi connectivity index (χ3n) is 13.6. The lowest BCUT2D eigenvalue weighted by molar-refractivity contribution is 0.0911. The van der Waals surface area contributed by atoms with E-state index in [0.717, 1.165) is 94.8 Å². The number of methoxy groups -OCH3 is 2. The molecule has 70 heavy (non-hydrogen) atoms. The largest absolute Gasteiger partial charge is 0.497 e. The Balaban J connectivity index is 0.893. The van der Waals surface area contributed by atoms with Crippen molar-refractivity contribution < 1.29 is 23.5 Å². The Labute approximate surface area is 406 Å². The molecule has 4 heterocycles. The van der Waals surface area contributed by atoms with Crippen molar-refractivity contribution in [2.45, 2.75) is 25.0 Å². The molecule has 10 rings (SSSR count). The molecule has 6 N–H and O–H groups in total. The molecule has 6 aromatic carbocycles. The van der Waals surface area contributed by atoms with E-state index in [0.29, 0.717) is 53.2 Å². The zero-order valence-electron chi connectivity index (χ0n) is 39.5. The monoisotopic (exact) mass is 940 g/mol. The Morgan fingerprint density at radius 3 is 1.93 bits per heavy atom. The van der Waals surface area contributed by atoms with Gasteiger partial charge in [-0.1, -0.05) is 54.6 Å². The van der Waals surface area contributed by atoms with E-state index < -0.39 is 5.95 Å². The van der Waals surface area contributed by atoms with Crippen LogP contribution in [0.25, 0.3) is 44.1 Å². The van der Waals surface area contributed by atoms with Gasteiger partial charge in [-0.15, -0.1) is 0 Å². The summed E-state index contributed by atoms with van der Waals surface area (Å²) in [4.78, 5) is 33.3. The normalized spacial score (nSPS) is 16.5. The third kappa shape index (κ3) is 10.3. The van der Waals surface area contributed by atoms with Crippen LogP contribution in [0.4, 0.5) is 4.39 Å². The van der Waals surface area contributed by atoms with Gasteiger partial charge >= 0.3 is 0 Å². The van der Waals surface area contributed by atoms with Crippen LogP contribution >= 0.6 is 0 Å². The molecule has 0 aliphatic carbocycles. The standard InChI is InChI=1S/C55H57FN10O4/c1-34-46-29-37(13-15-48(46)62-61-34)35-7-4-10-40(23-35)54(67)59-51(39-9-6-12-44(26-39)69-2)33-66-22-19-58-50(31-66)42-25-43(28-45(27-42)70-3)52(32-65-20-17-57-18-21-65)60-55(68)41-11-5-8-36(24-41)38-14-16-49-47(30-38)53(56)64-63-49/h4-16,23-30,50-52,57-58H,17-22,31-33H2,1-3H3,(H,59,67)(H,60,68)(H,61,62)(H,63,64). The summed E-state index contributed by atoms with van der Waals surface area (Å²) in [6.07, 6.45) is 0. The molecule has 0 bridgehead atoms. The van der Waals surface area contributed by atoms with Crippen LogP contribution in [0, 0.1) is 12.9 Å². The van der Waals surface area contributed by atoms with Gasteiger partial charge in [-0.05, 0) is 119 Å². The number of H-pyrrole nitrogens is 2. The number of nitrogens with one attached hydrogen (secondary N) is 6. The number of carbonyl (C=O) groups is 2. The predicted octanol–water partition coefficient (Wildman–Crippen LogP) is 7.73. The fourth-order valence-corrected chi connectivity index (χ4v) is 9.74. The van der Waals surface area contributed by atoms with Crippen molar-refractivity contribution in [2.75, 3.05) is 73.1 Å². The van der Waals surface area contributed by atoms with Gasteiger partial charge < -0.3 is 30.7 Å². The second-order valence-electron chi connectivity index (χ2n) is 18.2. The summed E-state index contributed by atoms with van der Waals surface area (Å²) in [5, 5.41) is 29.3. The zero-order chi connectivity index (χ0) is 48.1. The smallest absolute Gasteiger partial charge is 0.251 e. The second kappa shape index (κ2) is 20.7. The Hall–Kier alpha value is -7.43. The number of carbonyl (C=O) groups excluding carboxylic acids is 2. The number of piperazine rings is 2. The van der Waals surface area contributed by atoms with Gasteiger partial charge in [-0.2, -0.15) is 14.6 Å². The summed E-state index contributed by atoms with van der Waals surface area (Å²) in [5.41, 5.74) is 9.92. The first-order chi connectivity index (χ1) is 34.2. The number of aryl methyl sites for hydroxylation is 1. The van der Waals surface area contributed by atoms with Crippen molar-refractivity contribution >= 4 is 33.6 Å². The van der Waals surface area contributed by atoms with Crippen molar-refractivity contribution in [1.82, 2.24) is 51.5 Å². The molecule has 15 heteroatoms. The average molecular weight is 941 g/mol. The molecule has 2 fully saturated rings. The van der Waals surface area contributed by atoms with Crippen molar-refractivity contribution in [3.05, 3.63) is 167 Å². The summed E-state index contributed by atoms with van der Waals surface area (Å²) in [6, 6.07) is 40.0. The molecule has 0 saturated carbocycles. The van der Waals surface area contributed by atoms with Gasteiger partial charge in [-0.3, -0.25) is 29.6 Å². The third-order valence-corrected chi connectivity index (χ3v) is 13.6. The lowest BCUT2D eigenvalue weighted by atomic mass is 9.96. The molecule has 2 saturated heterocycles. The van der Waals surface area contributed by atoms with E-state index in [2.05, 4.69) is 69.7 Å². The number of hydrogen-bond donors (Lipinski definition) is 6. The molecule has 0 radical (unpaired) electrons. The Morgan fingerprint density at radius 2 is 1.23 bits per heavy atom. The maximum atomic E-state index is 14.5. The van der Waals surface area contributed by atoms with Gasteiger partial charge in [0.1, 0.15) is 11.5 Å². The topological polar surface area (TPSA) is 165 Å². The van der Waals surface area contributed by atoms with Crippen molar-refractivity contribution in [3.8, 4) is 33.8 Å². The van der Waals surface area contributed by atoms with Gasteiger partial charge in [-0.25, -0.2) is 0 Å². The number of aromatic nitrogens is 4. The van der Waals surface area contributed by atoms with Crippen molar-refractivity contribution in [2.24, 2.45) is 0 Å². The predicted molar refractivity (Wildman–Crippen MR) is 271 cm³/mol. The van der Waals surface area contributed by atoms with Crippen molar-refractivity contribution in [3.63, 3.8) is 0 Å². The summed E-state index contributed by atoms with van der Waals surface area (Å²) < 4.78 is 26.1. The van der Waals surface area contributed by atoms with Gasteiger partial charge in [0.25, 0.3) is 11.8 Å². The first-order valence-corrected chi connectivity index (χ1v) is 23.8. The number of ether oxygens (including phenoxy) is 2. The van der Waals surface area contributed by atoms with Crippen LogP contribution in [0.5, 0.6) is 11.5 Å². The number of halogens is 1. The molecule has 3 atom stereocenters. The van der Waals surface area contributed by atoms with Gasteiger partial charge in [0.2, 0.25) is 5.95 Å². The lowest BCUT2D eigenvalue weighted by Gasteiger charge is -2.37. The van der Waals surface area contributed by atoms with Crippen LogP contribution < -0.4 is 30.7 Å². The van der Waals surface area contributed by atoms with E-state index in [9.17, 15) is 14.0 Å². The van der Waals surface area contributed by atoms with Gasteiger partial charge in [0.15, 0.2) is 0 Å². The molecule has 8 aromatic rings. The average Bonchev–Trinajstić information content (AvgIpc) is 3.98. The van der Waals surface area contributed by atoms with E-state index in [4.69, 9.17) is 9.47 Å². The highest BCUT2D eigenvalue weighted by Gasteiger charge is 2.28. The Bertz CT molecular complexity index is 3160. The molecule has 2 amide bonds. The summed E-state index contributed by atoms with van der Waals surface area (Å²) in [5.74, 6) is 0.524. The van der Waals surface area contributed by atoms with E-state index in [1.165, 1.54) is 0 Å². The fourth-order valence-electron chi connectivity index (χ4n) is 9.74. The molecule has 2 aliphatic heterocycles. The number of nitrogens with zero attached hydrogens (tertiary/aromatic N) is 4. The minimum atomic E-state index is -0.495. The number of hydrogen-bond acceptors (Lipinski definition) is 10. The number of benzene rings is 6. The molecule has 0 spiro atoms. The lowest BCUT2D eigenvalue weighted by Crippen LogP contribution is -2.49. The van der Waals surface area contributed by atoms with Crippen LogP contribution in [0.2, 0.25) is 0 Å². The minimum Gasteiger partial charge on any atom is -0.497 e. The van der Waals surface area contributed by atoms with Crippen LogP contribution in [0.15, 0.2) is 127 Å². The number of fused-ring (bicyclic) bond motifs is 2. The highest BCUT2D eigenvalue weighted by molar-refractivity contribution is 5.97. The van der Waals surface area contributed by atoms with Crippen LogP contribution in [-0.4, -0.2) is 115 Å². The van der Waals surface area contributed by atoms with Crippen molar-refractivity contribution in [1.29, 1.82) is 0 Å². The first kappa shape index (κ1) is 46.3. The van der Waals surface area contributed by atoms with Gasteiger partial charge in [0, 0.05) is 87.2 Å². The van der Waals surface area contributed by atoms with E-state index in [-0.39, 0.29) is 29.9 Å². The first-order valence-electron chi connectivity index (χ1n) is 23.8. The SMILES string of the molecule is COc1cc(C2CN(CC(NC(=O)c3cccc(-c4ccc5n[nH]c(C)c5c4)c3)c3cccc(OC)c3)CCN2)cc(C(CN2CCNCC2)NC(=O)c2cccc(-c3ccc4n[nH]c(F)c4c3)c2)c1. The molecule has 3 unspecified atom stereocenters. The summed E-state index contributed by atoms with van der Waals surface area (Å²) in [6.45, 7) is 8.72. The molecular weight excluding hydrogens is 884 g/mol. The number of aromatic amines is 2. The van der Waals surface area contributed by atoms with E-state index in [1.54, 1.807) is 32.4 Å².